The minimum Gasteiger partial charge on any atom is -0.481 e. The normalized spacial score (nSPS) is 20.1. The van der Waals surface area contributed by atoms with Gasteiger partial charge in [-0.2, -0.15) is 5.26 Å². The average Bonchev–Trinajstić information content (AvgIpc) is 2.78. The molecule has 3 nitrogen and oxygen atoms in total. The van der Waals surface area contributed by atoms with Crippen LogP contribution < -0.4 is 0 Å². The second-order valence-electron chi connectivity index (χ2n) is 6.43. The van der Waals surface area contributed by atoms with E-state index >= 15 is 0 Å². The summed E-state index contributed by atoms with van der Waals surface area (Å²) in [5.41, 5.74) is 0. The average molecular weight is 404 g/mol. The van der Waals surface area contributed by atoms with E-state index in [0.29, 0.717) is 6.42 Å². The van der Waals surface area contributed by atoms with E-state index in [1.165, 1.54) is 38.5 Å². The van der Waals surface area contributed by atoms with E-state index in [1.54, 1.807) is 23.5 Å². The Morgan fingerprint density at radius 1 is 1.20 bits per heavy atom. The number of thioether (sulfide) groups is 2. The van der Waals surface area contributed by atoms with Crippen molar-refractivity contribution in [1.29, 1.82) is 5.26 Å². The van der Waals surface area contributed by atoms with E-state index in [1.807, 2.05) is 6.92 Å². The van der Waals surface area contributed by atoms with Crippen molar-refractivity contribution in [2.24, 2.45) is 0 Å². The lowest BCUT2D eigenvalue weighted by atomic mass is 9.96. The molecule has 1 heterocycles. The minimum atomic E-state index is -0.693. The van der Waals surface area contributed by atoms with Crippen molar-refractivity contribution in [2.75, 3.05) is 5.75 Å². The van der Waals surface area contributed by atoms with Crippen LogP contribution in [0, 0.1) is 11.3 Å². The number of nitriles is 1. The van der Waals surface area contributed by atoms with Gasteiger partial charge >= 0.3 is 5.97 Å². The van der Waals surface area contributed by atoms with Crippen LogP contribution in [-0.2, 0) is 4.79 Å². The van der Waals surface area contributed by atoms with E-state index in [9.17, 15) is 10.1 Å². The van der Waals surface area contributed by atoms with E-state index in [0.717, 1.165) is 41.4 Å². The maximum Gasteiger partial charge on any atom is 0.303 e. The van der Waals surface area contributed by atoms with Crippen LogP contribution in [0.25, 0.3) is 0 Å². The summed E-state index contributed by atoms with van der Waals surface area (Å²) in [6, 6.07) is 2.55. The van der Waals surface area contributed by atoms with Gasteiger partial charge in [0.1, 0.15) is 8.28 Å². The van der Waals surface area contributed by atoms with E-state index in [4.69, 9.17) is 17.3 Å². The van der Waals surface area contributed by atoms with Crippen LogP contribution in [0.1, 0.15) is 90.9 Å². The molecule has 144 valence electrons. The maximum absolute atomic E-state index is 9.76. The molecule has 6 heteroatoms. The molecule has 1 fully saturated rings. The van der Waals surface area contributed by atoms with Crippen molar-refractivity contribution >= 4 is 45.2 Å². The van der Waals surface area contributed by atoms with Gasteiger partial charge in [-0.05, 0) is 31.4 Å². The third kappa shape index (κ3) is 13.6. The first-order valence-electron chi connectivity index (χ1n) is 9.48. The zero-order valence-electron chi connectivity index (χ0n) is 15.7. The van der Waals surface area contributed by atoms with Gasteiger partial charge in [0.25, 0.3) is 0 Å². The predicted octanol–water partition coefficient (Wildman–Crippen LogP) is 6.81. The molecule has 1 aliphatic rings. The molecular weight excluding hydrogens is 370 g/mol. The zero-order chi connectivity index (χ0) is 19.0. The van der Waals surface area contributed by atoms with Crippen molar-refractivity contribution in [2.45, 2.75) is 95.6 Å². The first-order valence-corrected chi connectivity index (χ1v) is 11.7. The van der Waals surface area contributed by atoms with E-state index in [2.05, 4.69) is 13.0 Å². The number of hydrogen-bond donors (Lipinski definition) is 1. The molecule has 0 amide bonds. The molecule has 1 rings (SSSR count). The van der Waals surface area contributed by atoms with Gasteiger partial charge in [0.05, 0.1) is 6.07 Å². The Morgan fingerprint density at radius 2 is 1.84 bits per heavy atom. The van der Waals surface area contributed by atoms with Crippen LogP contribution in [-0.4, -0.2) is 25.1 Å². The van der Waals surface area contributed by atoms with Gasteiger partial charge in [0, 0.05) is 6.42 Å². The summed E-state index contributed by atoms with van der Waals surface area (Å²) in [5, 5.41) is 17.5. The Balaban J connectivity index is 0.000000697. The highest BCUT2D eigenvalue weighted by Crippen LogP contribution is 2.42. The number of carboxylic acid groups (broad SMARTS) is 1. The fraction of sp³-hybridized carbons (Fsp3) is 0.842. The fourth-order valence-electron chi connectivity index (χ4n) is 2.58. The fourth-order valence-corrected chi connectivity index (χ4v) is 5.59. The van der Waals surface area contributed by atoms with Crippen LogP contribution in [0.2, 0.25) is 0 Å². The van der Waals surface area contributed by atoms with Crippen LogP contribution >= 0.6 is 35.7 Å². The quantitative estimate of drug-likeness (QED) is 0.319. The van der Waals surface area contributed by atoms with E-state index < -0.39 is 5.97 Å². The smallest absolute Gasteiger partial charge is 0.303 e. The summed E-state index contributed by atoms with van der Waals surface area (Å²) in [6.45, 7) is 4.22. The number of nitrogens with zero attached hydrogens (tertiary/aromatic N) is 1. The Bertz CT molecular complexity index is 423. The topological polar surface area (TPSA) is 61.1 Å². The molecule has 0 bridgehead atoms. The molecule has 1 unspecified atom stereocenters. The second-order valence-corrected chi connectivity index (χ2v) is 10.1. The highest BCUT2D eigenvalue weighted by molar-refractivity contribution is 8.47. The standard InChI is InChI=1S/C14H23NS3.C5H10O2/c1-2-3-4-5-6-7-9-14(12-15)10-8-11-17-13(16)18-14;1-2-3-4-5(6)7/h2-11H2,1H3;2-4H2,1H3,(H,6,7). The number of rotatable bonds is 10. The number of unbranched alkanes of at least 4 members (excludes halogenated alkanes) is 6. The highest BCUT2D eigenvalue weighted by atomic mass is 32.2. The van der Waals surface area contributed by atoms with Gasteiger partial charge in [-0.25, -0.2) is 0 Å². The minimum absolute atomic E-state index is 0.217. The van der Waals surface area contributed by atoms with Crippen LogP contribution in [0.5, 0.6) is 0 Å². The second kappa shape index (κ2) is 16.0. The largest absolute Gasteiger partial charge is 0.481 e. The Labute approximate surface area is 167 Å². The Hall–Kier alpha value is -0.250. The first kappa shape index (κ1) is 24.8. The van der Waals surface area contributed by atoms with Crippen LogP contribution in [0.4, 0.5) is 0 Å². The van der Waals surface area contributed by atoms with Gasteiger partial charge in [0.2, 0.25) is 0 Å². The van der Waals surface area contributed by atoms with Gasteiger partial charge in [0.15, 0.2) is 0 Å². The molecule has 0 saturated carbocycles. The van der Waals surface area contributed by atoms with Crippen molar-refractivity contribution in [1.82, 2.24) is 0 Å². The monoisotopic (exact) mass is 403 g/mol. The highest BCUT2D eigenvalue weighted by Gasteiger charge is 2.33. The first-order chi connectivity index (χ1) is 12.0. The summed E-state index contributed by atoms with van der Waals surface area (Å²) in [5.74, 6) is 0.396. The van der Waals surface area contributed by atoms with E-state index in [-0.39, 0.29) is 4.75 Å². The molecule has 0 aromatic rings. The molecule has 1 N–H and O–H groups in total. The summed E-state index contributed by atoms with van der Waals surface area (Å²) in [6.07, 6.45) is 13.0. The van der Waals surface area contributed by atoms with Crippen molar-refractivity contribution in [3.05, 3.63) is 0 Å². The molecule has 0 radical (unpaired) electrons. The third-order valence-electron chi connectivity index (χ3n) is 4.11. The lowest BCUT2D eigenvalue weighted by molar-refractivity contribution is -0.137. The molecule has 0 spiro atoms. The molecule has 0 aromatic heterocycles. The Kier molecular flexibility index (Phi) is 15.8. The van der Waals surface area contributed by atoms with Gasteiger partial charge < -0.3 is 5.11 Å². The van der Waals surface area contributed by atoms with Gasteiger partial charge in [-0.1, -0.05) is 82.8 Å². The van der Waals surface area contributed by atoms with Crippen molar-refractivity contribution < 1.29 is 9.90 Å². The third-order valence-corrected chi connectivity index (χ3v) is 7.10. The maximum atomic E-state index is 9.76. The number of carbonyl (C=O) groups is 1. The molecule has 0 aromatic carbocycles. The summed E-state index contributed by atoms with van der Waals surface area (Å²) >= 11 is 8.73. The molecule has 0 aliphatic carbocycles. The SMILES string of the molecule is CCCCC(=O)O.CCCCCCCCC1(C#N)CCCSC(=S)S1. The summed E-state index contributed by atoms with van der Waals surface area (Å²) in [4.78, 5) is 9.76. The number of hydrogen-bond acceptors (Lipinski definition) is 5. The number of carboxylic acids is 1. The van der Waals surface area contributed by atoms with Gasteiger partial charge in [-0.3, -0.25) is 4.79 Å². The Morgan fingerprint density at radius 3 is 2.40 bits per heavy atom. The lowest BCUT2D eigenvalue weighted by Crippen LogP contribution is -2.22. The molecular formula is C19H33NO2S3. The molecule has 25 heavy (non-hydrogen) atoms. The number of aliphatic carboxylic acids is 1. The van der Waals surface area contributed by atoms with Crippen molar-refractivity contribution in [3.8, 4) is 6.07 Å². The molecule has 1 aliphatic heterocycles. The molecule has 1 saturated heterocycles. The summed E-state index contributed by atoms with van der Waals surface area (Å²) < 4.78 is 0.755. The molecule has 1 atom stereocenters. The summed E-state index contributed by atoms with van der Waals surface area (Å²) in [7, 11) is 0. The zero-order valence-corrected chi connectivity index (χ0v) is 18.2. The predicted molar refractivity (Wildman–Crippen MR) is 115 cm³/mol. The number of thiocarbonyl (C=S) groups is 1. The lowest BCUT2D eigenvalue weighted by Gasteiger charge is -2.23. The van der Waals surface area contributed by atoms with Crippen LogP contribution in [0.15, 0.2) is 0 Å². The van der Waals surface area contributed by atoms with Crippen molar-refractivity contribution in [3.63, 3.8) is 0 Å². The van der Waals surface area contributed by atoms with Gasteiger partial charge in [-0.15, -0.1) is 11.8 Å². The van der Waals surface area contributed by atoms with Crippen LogP contribution in [0.3, 0.4) is 0 Å².